The Labute approximate surface area is 768 Å². The van der Waals surface area contributed by atoms with Gasteiger partial charge in [-0.05, 0) is 188 Å². The minimum Gasteiger partial charge on any atom is -0.496 e. The van der Waals surface area contributed by atoms with Gasteiger partial charge in [0.25, 0.3) is 45.9 Å². The predicted molar refractivity (Wildman–Crippen MR) is 503 cm³/mol. The third-order valence-electron chi connectivity index (χ3n) is 26.1. The number of fused-ring (bicyclic) bond motifs is 4. The van der Waals surface area contributed by atoms with Gasteiger partial charge >= 0.3 is 6.18 Å². The molecule has 12 heterocycles. The number of carbonyl (C=O) groups is 4. The standard InChI is InChI=1S/C26H34N4O5S.C26H33N3O3.C23H29N5O4.C22H25F3N4O4/c1-16-13-23(35-4)21(25(31)28-16)14-27-26(32)24-18(3)30(22-11-7-6-10-20(22)24)17(2)19-9-8-12-29(15-19)36(5,33)34;1-16-14-23(32-4)21(25(30)28-16)15-27-26(31)24-18(3)29(22-13-9-8-12-20(22)24)17(2)19-10-6-5-7-11-19;1-13-9-19(31-4)17(22(29)27-13)11-25-23(30)20-15(3)28(21-18(20)10-24-12-26-21)14(2)16-5-7-32-8-6-16;1-11-9-16(32-4)15(20(30)28-11)10-27-21(31)17-12(2)29(19-14(17)7-6-8-26-19)13(3)18(33-5)22(23,24)25/h6-7,10-11,13,17,19H,8-9,12,14-15H2,1-5H3,(H,27,32)(H,28,31);8-9,12-14,17,19H,5-7,10-11,15H2,1-4H3,(H,27,31)(H,28,30);9-10,12,14,16H,5-8,11H2,1-4H3,(H,25,30)(H,27,29);6-9,13,18H,10H2,1-5H3,(H,27,31)(H,28,30). The lowest BCUT2D eigenvalue weighted by atomic mass is 9.84. The number of aromatic nitrogens is 11. The van der Waals surface area contributed by atoms with E-state index in [1.165, 1.54) is 90.8 Å². The highest BCUT2D eigenvalue weighted by atomic mass is 32.2. The van der Waals surface area contributed by atoms with Crippen LogP contribution >= 0.6 is 0 Å². The Bertz CT molecular complexity index is 6460. The Kier molecular flexibility index (Phi) is 32.1. The fourth-order valence-electron chi connectivity index (χ4n) is 19.4. The van der Waals surface area contributed by atoms with Crippen LogP contribution in [0.3, 0.4) is 0 Å². The molecule has 0 bridgehead atoms. The molecule has 3 fully saturated rings. The fourth-order valence-corrected chi connectivity index (χ4v) is 20.3. The molecule has 0 radical (unpaired) electrons. The summed E-state index contributed by atoms with van der Waals surface area (Å²) in [4.78, 5) is 127. The largest absolute Gasteiger partial charge is 0.496 e. The van der Waals surface area contributed by atoms with E-state index in [2.05, 4.69) is 96.7 Å². The third kappa shape index (κ3) is 21.7. The predicted octanol–water partition coefficient (Wildman–Crippen LogP) is 14.2. The number of nitrogens with one attached hydrogen (secondary N) is 8. The summed E-state index contributed by atoms with van der Waals surface area (Å²) in [7, 11) is 3.68. The Morgan fingerprint density at radius 3 is 1.25 bits per heavy atom. The molecule has 10 aromatic heterocycles. The number of hydrogen-bond acceptors (Lipinski definition) is 19. The number of pyridine rings is 5. The number of carbonyl (C=O) groups excluding carboxylic acids is 4. The molecule has 1 saturated carbocycles. The number of rotatable bonds is 26. The maximum atomic E-state index is 13.5. The first-order valence-corrected chi connectivity index (χ1v) is 46.5. The zero-order valence-electron chi connectivity index (χ0n) is 78.6. The summed E-state index contributed by atoms with van der Waals surface area (Å²) in [5.74, 6) is 1.59. The summed E-state index contributed by atoms with van der Waals surface area (Å²) in [6.07, 6.45) is 9.22. The van der Waals surface area contributed by atoms with Crippen LogP contribution in [0.4, 0.5) is 13.2 Å². The maximum Gasteiger partial charge on any atom is 0.416 e. The number of nitrogens with zero attached hydrogens (tertiary/aromatic N) is 8. The van der Waals surface area contributed by atoms with Crippen molar-refractivity contribution in [3.8, 4) is 23.0 Å². The topological polar surface area (TPSA) is 399 Å². The van der Waals surface area contributed by atoms with Crippen molar-refractivity contribution >= 4 is 77.5 Å². The first kappa shape index (κ1) is 99.3. The highest BCUT2D eigenvalue weighted by molar-refractivity contribution is 7.88. The number of aromatic amines is 4. The molecule has 32 nitrogen and oxygen atoms in total. The smallest absolute Gasteiger partial charge is 0.416 e. The van der Waals surface area contributed by atoms with Gasteiger partial charge in [0.1, 0.15) is 40.6 Å². The van der Waals surface area contributed by atoms with Crippen molar-refractivity contribution in [3.05, 3.63) is 235 Å². The number of sulfonamides is 1. The maximum absolute atomic E-state index is 13.5. The van der Waals surface area contributed by atoms with Crippen LogP contribution in [0.25, 0.3) is 43.9 Å². The lowest BCUT2D eigenvalue weighted by Gasteiger charge is -2.35. The van der Waals surface area contributed by atoms with Gasteiger partial charge in [0, 0.05) is 137 Å². The van der Waals surface area contributed by atoms with E-state index in [4.69, 9.17) is 28.4 Å². The number of alkyl halides is 3. The van der Waals surface area contributed by atoms with Gasteiger partial charge in [0.05, 0.1) is 117 Å². The number of amides is 4. The quantitative estimate of drug-likeness (QED) is 0.0250. The summed E-state index contributed by atoms with van der Waals surface area (Å²) in [6, 6.07) is 25.2. The Balaban J connectivity index is 0.000000160. The van der Waals surface area contributed by atoms with Crippen LogP contribution < -0.4 is 62.5 Å². The average molecular weight is 1860 g/mol. The molecule has 3 aliphatic rings. The number of hydrogen-bond donors (Lipinski definition) is 8. The molecule has 2 aromatic carbocycles. The molecule has 133 heavy (non-hydrogen) atoms. The van der Waals surface area contributed by atoms with Crippen molar-refractivity contribution < 1.29 is 69.2 Å². The van der Waals surface area contributed by atoms with E-state index in [0.717, 1.165) is 96.2 Å². The zero-order valence-corrected chi connectivity index (χ0v) is 79.4. The van der Waals surface area contributed by atoms with Gasteiger partial charge in [-0.1, -0.05) is 55.7 Å². The van der Waals surface area contributed by atoms with Crippen molar-refractivity contribution in [1.82, 2.24) is 78.7 Å². The van der Waals surface area contributed by atoms with E-state index in [-0.39, 0.29) is 95.4 Å². The second kappa shape index (κ2) is 42.9. The van der Waals surface area contributed by atoms with Gasteiger partial charge in [-0.25, -0.2) is 27.7 Å². The molecule has 6 unspecified atom stereocenters. The van der Waals surface area contributed by atoms with E-state index in [1.54, 1.807) is 81.5 Å². The van der Waals surface area contributed by atoms with Gasteiger partial charge in [-0.2, -0.15) is 13.2 Å². The monoisotopic (exact) mass is 1850 g/mol. The minimum atomic E-state index is -4.61. The van der Waals surface area contributed by atoms with Crippen LogP contribution in [0.5, 0.6) is 23.0 Å². The summed E-state index contributed by atoms with van der Waals surface area (Å²) >= 11 is 0. The van der Waals surface area contributed by atoms with Crippen molar-refractivity contribution in [2.45, 2.75) is 203 Å². The molecule has 15 rings (SSSR count). The van der Waals surface area contributed by atoms with E-state index >= 15 is 0 Å². The number of H-pyrrole nitrogens is 4. The van der Waals surface area contributed by atoms with E-state index in [9.17, 15) is 59.9 Å². The number of methoxy groups -OCH3 is 5. The fraction of sp³-hybridized carbons (Fsp3) is 0.454. The van der Waals surface area contributed by atoms with Crippen LogP contribution in [-0.4, -0.2) is 170 Å². The summed E-state index contributed by atoms with van der Waals surface area (Å²) in [5.41, 5.74) is 10.7. The molecular formula is C97H121F3N16O16S. The number of benzene rings is 2. The lowest BCUT2D eigenvalue weighted by Crippen LogP contribution is -2.41. The molecule has 6 atom stereocenters. The molecule has 12 aromatic rings. The third-order valence-corrected chi connectivity index (χ3v) is 27.4. The summed E-state index contributed by atoms with van der Waals surface area (Å²) in [6.45, 7) is 25.0. The van der Waals surface area contributed by atoms with Gasteiger partial charge < -0.3 is 87.9 Å². The van der Waals surface area contributed by atoms with Crippen LogP contribution in [0.15, 0.2) is 123 Å². The average Bonchev–Trinajstić information content (AvgIpc) is 1.55. The van der Waals surface area contributed by atoms with Crippen LogP contribution in [0.2, 0.25) is 0 Å². The number of piperidine rings is 1. The van der Waals surface area contributed by atoms with Crippen molar-refractivity contribution in [3.63, 3.8) is 0 Å². The molecule has 712 valence electrons. The second-order valence-electron chi connectivity index (χ2n) is 34.6. The number of para-hydroxylation sites is 2. The van der Waals surface area contributed by atoms with Gasteiger partial charge in [0.2, 0.25) is 10.0 Å². The Morgan fingerprint density at radius 1 is 0.474 bits per heavy atom. The molecule has 8 N–H and O–H groups in total. The highest BCUT2D eigenvalue weighted by Crippen LogP contribution is 2.42. The molecule has 2 saturated heterocycles. The molecular weight excluding hydrogens is 1730 g/mol. The van der Waals surface area contributed by atoms with Crippen molar-refractivity contribution in [2.75, 3.05) is 68.1 Å². The Morgan fingerprint density at radius 2 is 0.835 bits per heavy atom. The van der Waals surface area contributed by atoms with E-state index < -0.39 is 39.8 Å². The van der Waals surface area contributed by atoms with Crippen LogP contribution in [0, 0.1) is 73.1 Å². The van der Waals surface area contributed by atoms with Gasteiger partial charge in [-0.15, -0.1) is 0 Å². The minimum absolute atomic E-state index is 0.0129. The molecule has 36 heteroatoms. The molecule has 2 aliphatic heterocycles. The summed E-state index contributed by atoms with van der Waals surface area (Å²) < 4.78 is 106. The van der Waals surface area contributed by atoms with E-state index in [1.807, 2.05) is 63.2 Å². The zero-order chi connectivity index (χ0) is 96.4. The van der Waals surface area contributed by atoms with Crippen molar-refractivity contribution in [2.24, 2.45) is 17.8 Å². The number of ether oxygens (including phenoxy) is 6. The van der Waals surface area contributed by atoms with Gasteiger partial charge in [-0.3, -0.25) is 38.4 Å². The second-order valence-corrected chi connectivity index (χ2v) is 36.5. The summed E-state index contributed by atoms with van der Waals surface area (Å²) in [5, 5.41) is 14.3. The van der Waals surface area contributed by atoms with Gasteiger partial charge in [0.15, 0.2) is 6.10 Å². The van der Waals surface area contributed by atoms with Crippen molar-refractivity contribution in [1.29, 1.82) is 0 Å². The normalized spacial score (nSPS) is 15.7. The SMILES string of the molecule is COc1cc(C)[nH]c(=O)c1CNC(=O)c1c(C)n(C(C)C(OC)C(F)(F)F)c2ncccc12.COc1cc(C)[nH]c(=O)c1CNC(=O)c1c(C)n(C(C)C2CCCCC2)c2ccccc12.COc1cc(C)[nH]c(=O)c1CNC(=O)c1c(C)n(C(C)C2CCCN(S(C)(=O)=O)C2)c2ccccc12.COc1cc(C)[nH]c(=O)c1CNC(=O)c1c(C)n(C(C)C2CCOCC2)c2ncncc12. The molecule has 4 amide bonds. The first-order valence-electron chi connectivity index (χ1n) is 44.6. The van der Waals surface area contributed by atoms with E-state index in [0.29, 0.717) is 121 Å². The van der Waals surface area contributed by atoms with Crippen LogP contribution in [0.1, 0.15) is 219 Å². The highest BCUT2D eigenvalue weighted by Gasteiger charge is 2.46. The number of aryl methyl sites for hydroxylation is 4. The molecule has 1 aliphatic carbocycles. The Hall–Kier alpha value is -12.7. The van der Waals surface area contributed by atoms with Crippen LogP contribution in [-0.2, 0) is 45.7 Å². The number of halogens is 3. The first-order chi connectivity index (χ1) is 63.4. The molecule has 0 spiro atoms. The lowest BCUT2D eigenvalue weighted by molar-refractivity contribution is -0.223.